The predicted molar refractivity (Wildman–Crippen MR) is 113 cm³/mol. The predicted octanol–water partition coefficient (Wildman–Crippen LogP) is 3.33. The highest BCUT2D eigenvalue weighted by molar-refractivity contribution is 5.76. The first-order chi connectivity index (χ1) is 14.3. The first-order valence-electron chi connectivity index (χ1n) is 10.3. The quantitative estimate of drug-likeness (QED) is 0.650. The van der Waals surface area contributed by atoms with Crippen LogP contribution < -0.4 is 10.6 Å². The standard InChI is InChI=1S/C23H27N5O/c29-22(7-6-18-8-12-24-13-9-18)26-16-20-17-28(21-4-2-1-3-5-21)27-23(20)19-10-14-25-15-11-19/h1-5,10-11,14-15,17-18,24H,6-9,12-13,16H2,(H,26,29). The minimum absolute atomic E-state index is 0.108. The number of aromatic nitrogens is 3. The van der Waals surface area contributed by atoms with Gasteiger partial charge in [-0.2, -0.15) is 5.10 Å². The van der Waals surface area contributed by atoms with Gasteiger partial charge in [0.05, 0.1) is 11.4 Å². The van der Waals surface area contributed by atoms with Gasteiger partial charge in [0, 0.05) is 42.7 Å². The Morgan fingerprint density at radius 3 is 2.62 bits per heavy atom. The molecule has 1 aromatic carbocycles. The summed E-state index contributed by atoms with van der Waals surface area (Å²) in [5.41, 5.74) is 3.85. The Hall–Kier alpha value is -2.99. The van der Waals surface area contributed by atoms with Gasteiger partial charge in [0.1, 0.15) is 0 Å². The zero-order chi connectivity index (χ0) is 19.9. The number of carbonyl (C=O) groups excluding carboxylic acids is 1. The highest BCUT2D eigenvalue weighted by Crippen LogP contribution is 2.23. The third kappa shape index (κ3) is 5.09. The molecule has 4 rings (SSSR count). The van der Waals surface area contributed by atoms with E-state index in [1.165, 1.54) is 12.8 Å². The topological polar surface area (TPSA) is 71.8 Å². The van der Waals surface area contributed by atoms with Crippen LogP contribution in [0.4, 0.5) is 0 Å². The molecule has 1 fully saturated rings. The van der Waals surface area contributed by atoms with E-state index >= 15 is 0 Å². The van der Waals surface area contributed by atoms with Crippen LogP contribution >= 0.6 is 0 Å². The maximum Gasteiger partial charge on any atom is 0.220 e. The SMILES string of the molecule is O=C(CCC1CCNCC1)NCc1cn(-c2ccccc2)nc1-c1ccncc1. The van der Waals surface area contributed by atoms with Crippen LogP contribution in [-0.4, -0.2) is 33.8 Å². The molecule has 1 aliphatic heterocycles. The molecule has 0 atom stereocenters. The number of piperidine rings is 1. The van der Waals surface area contributed by atoms with Crippen molar-refractivity contribution >= 4 is 5.91 Å². The highest BCUT2D eigenvalue weighted by atomic mass is 16.1. The van der Waals surface area contributed by atoms with Crippen LogP contribution in [0.1, 0.15) is 31.2 Å². The van der Waals surface area contributed by atoms with Crippen LogP contribution in [0.25, 0.3) is 16.9 Å². The van der Waals surface area contributed by atoms with Crippen LogP contribution in [0.15, 0.2) is 61.1 Å². The molecule has 1 aliphatic rings. The fourth-order valence-corrected chi connectivity index (χ4v) is 3.79. The average Bonchev–Trinajstić information content (AvgIpc) is 3.22. The number of hydrogen-bond acceptors (Lipinski definition) is 4. The molecule has 29 heavy (non-hydrogen) atoms. The van der Waals surface area contributed by atoms with Gasteiger partial charge in [0.2, 0.25) is 5.91 Å². The number of nitrogens with one attached hydrogen (secondary N) is 2. The second-order valence-electron chi connectivity index (χ2n) is 7.53. The van der Waals surface area contributed by atoms with Crippen molar-refractivity contribution in [3.05, 3.63) is 66.6 Å². The number of carbonyl (C=O) groups is 1. The molecule has 2 N–H and O–H groups in total. The second kappa shape index (κ2) is 9.47. The molecule has 0 aliphatic carbocycles. The van der Waals surface area contributed by atoms with Gasteiger partial charge in [-0.1, -0.05) is 18.2 Å². The number of hydrogen-bond donors (Lipinski definition) is 2. The number of amides is 1. The molecule has 0 unspecified atom stereocenters. The van der Waals surface area contributed by atoms with Crippen molar-refractivity contribution in [1.82, 2.24) is 25.4 Å². The summed E-state index contributed by atoms with van der Waals surface area (Å²) in [6.45, 7) is 2.61. The minimum atomic E-state index is 0.108. The third-order valence-corrected chi connectivity index (χ3v) is 5.48. The normalized spacial score (nSPS) is 14.6. The lowest BCUT2D eigenvalue weighted by Gasteiger charge is -2.22. The molecular weight excluding hydrogens is 362 g/mol. The number of benzene rings is 1. The van der Waals surface area contributed by atoms with Gasteiger partial charge in [-0.15, -0.1) is 0 Å². The molecule has 1 amide bonds. The molecule has 150 valence electrons. The van der Waals surface area contributed by atoms with Gasteiger partial charge in [-0.3, -0.25) is 9.78 Å². The lowest BCUT2D eigenvalue weighted by atomic mass is 9.93. The zero-order valence-corrected chi connectivity index (χ0v) is 16.6. The van der Waals surface area contributed by atoms with Crippen molar-refractivity contribution in [3.8, 4) is 16.9 Å². The average molecular weight is 390 g/mol. The summed E-state index contributed by atoms with van der Waals surface area (Å²) in [5.74, 6) is 0.770. The summed E-state index contributed by atoms with van der Waals surface area (Å²) in [4.78, 5) is 16.5. The van der Waals surface area contributed by atoms with Crippen molar-refractivity contribution in [1.29, 1.82) is 0 Å². The maximum absolute atomic E-state index is 12.4. The Kier molecular flexibility index (Phi) is 6.32. The van der Waals surface area contributed by atoms with E-state index in [1.807, 2.05) is 53.3 Å². The van der Waals surface area contributed by atoms with E-state index < -0.39 is 0 Å². The molecule has 6 heteroatoms. The number of nitrogens with zero attached hydrogens (tertiary/aromatic N) is 3. The van der Waals surface area contributed by atoms with E-state index in [1.54, 1.807) is 12.4 Å². The van der Waals surface area contributed by atoms with Gasteiger partial charge in [0.15, 0.2) is 0 Å². The minimum Gasteiger partial charge on any atom is -0.352 e. The van der Waals surface area contributed by atoms with Crippen LogP contribution in [0.2, 0.25) is 0 Å². The first-order valence-corrected chi connectivity index (χ1v) is 10.3. The molecule has 0 saturated carbocycles. The smallest absolute Gasteiger partial charge is 0.220 e. The monoisotopic (exact) mass is 389 g/mol. The summed E-state index contributed by atoms with van der Waals surface area (Å²) in [7, 11) is 0. The summed E-state index contributed by atoms with van der Waals surface area (Å²) < 4.78 is 1.87. The Balaban J connectivity index is 1.45. The number of rotatable bonds is 7. The number of pyridine rings is 1. The number of para-hydroxylation sites is 1. The maximum atomic E-state index is 12.4. The fourth-order valence-electron chi connectivity index (χ4n) is 3.79. The van der Waals surface area contributed by atoms with Crippen molar-refractivity contribution in [2.75, 3.05) is 13.1 Å². The Labute approximate surface area is 171 Å². The van der Waals surface area contributed by atoms with Crippen molar-refractivity contribution in [2.45, 2.75) is 32.2 Å². The van der Waals surface area contributed by atoms with Gasteiger partial charge in [-0.05, 0) is 62.5 Å². The Bertz CT molecular complexity index is 917. The molecule has 0 bridgehead atoms. The summed E-state index contributed by atoms with van der Waals surface area (Å²) in [6, 6.07) is 13.9. The molecule has 3 heterocycles. The van der Waals surface area contributed by atoms with Gasteiger partial charge in [0.25, 0.3) is 0 Å². The van der Waals surface area contributed by atoms with Crippen molar-refractivity contribution in [2.24, 2.45) is 5.92 Å². The van der Waals surface area contributed by atoms with Crippen LogP contribution in [0, 0.1) is 5.92 Å². The van der Waals surface area contributed by atoms with Crippen LogP contribution in [0.5, 0.6) is 0 Å². The Morgan fingerprint density at radius 2 is 1.86 bits per heavy atom. The van der Waals surface area contributed by atoms with E-state index in [-0.39, 0.29) is 5.91 Å². The van der Waals surface area contributed by atoms with E-state index in [4.69, 9.17) is 5.10 Å². The lowest BCUT2D eigenvalue weighted by molar-refractivity contribution is -0.121. The van der Waals surface area contributed by atoms with E-state index in [0.29, 0.717) is 18.9 Å². The third-order valence-electron chi connectivity index (χ3n) is 5.48. The van der Waals surface area contributed by atoms with E-state index in [0.717, 1.165) is 42.0 Å². The van der Waals surface area contributed by atoms with E-state index in [9.17, 15) is 4.79 Å². The van der Waals surface area contributed by atoms with Crippen LogP contribution in [0.3, 0.4) is 0 Å². The van der Waals surface area contributed by atoms with Crippen molar-refractivity contribution < 1.29 is 4.79 Å². The van der Waals surface area contributed by atoms with Crippen LogP contribution in [-0.2, 0) is 11.3 Å². The molecule has 1 saturated heterocycles. The molecule has 0 radical (unpaired) electrons. The molecule has 3 aromatic rings. The molecular formula is C23H27N5O. The van der Waals surface area contributed by atoms with Gasteiger partial charge < -0.3 is 10.6 Å². The molecule has 2 aromatic heterocycles. The summed E-state index contributed by atoms with van der Waals surface area (Å²) in [6.07, 6.45) is 9.41. The fraction of sp³-hybridized carbons (Fsp3) is 0.348. The highest BCUT2D eigenvalue weighted by Gasteiger charge is 2.16. The second-order valence-corrected chi connectivity index (χ2v) is 7.53. The largest absolute Gasteiger partial charge is 0.352 e. The lowest BCUT2D eigenvalue weighted by Crippen LogP contribution is -2.29. The van der Waals surface area contributed by atoms with Crippen molar-refractivity contribution in [3.63, 3.8) is 0 Å². The van der Waals surface area contributed by atoms with Gasteiger partial charge >= 0.3 is 0 Å². The summed E-state index contributed by atoms with van der Waals surface area (Å²) >= 11 is 0. The zero-order valence-electron chi connectivity index (χ0n) is 16.6. The first kappa shape index (κ1) is 19.3. The summed E-state index contributed by atoms with van der Waals surface area (Å²) in [5, 5.41) is 11.2. The molecule has 0 spiro atoms. The van der Waals surface area contributed by atoms with E-state index in [2.05, 4.69) is 15.6 Å². The Morgan fingerprint density at radius 1 is 1.10 bits per heavy atom. The molecule has 6 nitrogen and oxygen atoms in total. The van der Waals surface area contributed by atoms with Gasteiger partial charge in [-0.25, -0.2) is 4.68 Å².